The van der Waals surface area contributed by atoms with Crippen molar-refractivity contribution in [3.8, 4) is 0 Å². The van der Waals surface area contributed by atoms with Gasteiger partial charge in [0.1, 0.15) is 0 Å². The molecule has 0 aromatic heterocycles. The van der Waals surface area contributed by atoms with E-state index in [2.05, 4.69) is 0 Å². The van der Waals surface area contributed by atoms with Gasteiger partial charge in [0.25, 0.3) is 0 Å². The Labute approximate surface area is 98.5 Å². The number of hydrogen-bond donors (Lipinski definition) is 1. The maximum atomic E-state index is 10.6. The minimum Gasteiger partial charge on any atom is -0.478 e. The molecule has 0 aliphatic carbocycles. The van der Waals surface area contributed by atoms with E-state index < -0.39 is 10.9 Å². The van der Waals surface area contributed by atoms with Gasteiger partial charge in [-0.1, -0.05) is 19.1 Å². The summed E-state index contributed by atoms with van der Waals surface area (Å²) in [4.78, 5) is 20.2. The van der Waals surface area contributed by atoms with Gasteiger partial charge in [-0.05, 0) is 36.1 Å². The van der Waals surface area contributed by atoms with Crippen LogP contribution in [0, 0.1) is 10.1 Å². The average molecular weight is 235 g/mol. The van der Waals surface area contributed by atoms with Crippen LogP contribution in [-0.2, 0) is 0 Å². The Hall–Kier alpha value is -2.17. The topological polar surface area (TPSA) is 80.4 Å². The zero-order chi connectivity index (χ0) is 12.8. The summed E-state index contributed by atoms with van der Waals surface area (Å²) < 4.78 is 0. The predicted molar refractivity (Wildman–Crippen MR) is 62.6 cm³/mol. The van der Waals surface area contributed by atoms with Gasteiger partial charge in [0.05, 0.1) is 10.5 Å². The smallest absolute Gasteiger partial charge is 0.335 e. The molecular formula is C12H13NO4. The Kier molecular flexibility index (Phi) is 4.39. The Balaban J connectivity index is 2.66. The van der Waals surface area contributed by atoms with Crippen molar-refractivity contribution in [1.82, 2.24) is 0 Å². The van der Waals surface area contributed by atoms with Crippen LogP contribution < -0.4 is 0 Å². The molecule has 1 N–H and O–H groups in total. The average Bonchev–Trinajstić information content (AvgIpc) is 2.28. The van der Waals surface area contributed by atoms with E-state index in [0.29, 0.717) is 6.42 Å². The standard InChI is InChI=1S/C12H13NO4/c1-9(3-2-8-13(16)17)10-4-6-11(7-5-10)12(14)15/h2,4-9H,3H2,1H3,(H,14,15)/b8-2+. The Morgan fingerprint density at radius 3 is 2.53 bits per heavy atom. The van der Waals surface area contributed by atoms with Crippen LogP contribution in [0.25, 0.3) is 0 Å². The highest BCUT2D eigenvalue weighted by Gasteiger charge is 2.06. The lowest BCUT2D eigenvalue weighted by atomic mass is 9.97. The van der Waals surface area contributed by atoms with E-state index in [9.17, 15) is 14.9 Å². The molecule has 17 heavy (non-hydrogen) atoms. The molecule has 0 aliphatic rings. The number of nitro groups is 1. The van der Waals surface area contributed by atoms with E-state index in [4.69, 9.17) is 5.11 Å². The fraction of sp³-hybridized carbons (Fsp3) is 0.250. The lowest BCUT2D eigenvalue weighted by Gasteiger charge is -2.08. The van der Waals surface area contributed by atoms with Crippen LogP contribution in [0.15, 0.2) is 36.5 Å². The molecule has 5 heteroatoms. The third-order valence-electron chi connectivity index (χ3n) is 2.44. The fourth-order valence-corrected chi connectivity index (χ4v) is 1.44. The lowest BCUT2D eigenvalue weighted by Crippen LogP contribution is -1.98. The Bertz CT molecular complexity index is 436. The van der Waals surface area contributed by atoms with Crippen LogP contribution in [0.1, 0.15) is 35.2 Å². The molecule has 0 bridgehead atoms. The molecule has 1 atom stereocenters. The van der Waals surface area contributed by atoms with Gasteiger partial charge < -0.3 is 5.11 Å². The van der Waals surface area contributed by atoms with Crippen molar-refractivity contribution in [3.63, 3.8) is 0 Å². The first kappa shape index (κ1) is 12.9. The van der Waals surface area contributed by atoms with Crippen molar-refractivity contribution in [2.24, 2.45) is 0 Å². The highest BCUT2D eigenvalue weighted by molar-refractivity contribution is 5.87. The van der Waals surface area contributed by atoms with E-state index >= 15 is 0 Å². The molecule has 1 unspecified atom stereocenters. The Morgan fingerprint density at radius 2 is 2.06 bits per heavy atom. The van der Waals surface area contributed by atoms with E-state index in [-0.39, 0.29) is 11.5 Å². The van der Waals surface area contributed by atoms with Crippen molar-refractivity contribution in [2.45, 2.75) is 19.3 Å². The number of carbonyl (C=O) groups is 1. The van der Waals surface area contributed by atoms with Crippen molar-refractivity contribution >= 4 is 5.97 Å². The number of carboxylic acids is 1. The van der Waals surface area contributed by atoms with Crippen molar-refractivity contribution < 1.29 is 14.8 Å². The van der Waals surface area contributed by atoms with Crippen LogP contribution in [0.3, 0.4) is 0 Å². The van der Waals surface area contributed by atoms with Crippen LogP contribution in [0.4, 0.5) is 0 Å². The van der Waals surface area contributed by atoms with E-state index in [1.54, 1.807) is 12.1 Å². The van der Waals surface area contributed by atoms with Gasteiger partial charge in [0, 0.05) is 0 Å². The fourth-order valence-electron chi connectivity index (χ4n) is 1.44. The number of benzene rings is 1. The third-order valence-corrected chi connectivity index (χ3v) is 2.44. The number of carboxylic acid groups (broad SMARTS) is 1. The second-order valence-corrected chi connectivity index (χ2v) is 3.73. The third kappa shape index (κ3) is 4.06. The molecule has 1 rings (SSSR count). The molecule has 0 radical (unpaired) electrons. The molecule has 0 saturated carbocycles. The first-order valence-corrected chi connectivity index (χ1v) is 5.14. The summed E-state index contributed by atoms with van der Waals surface area (Å²) >= 11 is 0. The molecule has 0 spiro atoms. The van der Waals surface area contributed by atoms with Gasteiger partial charge in [-0.2, -0.15) is 0 Å². The summed E-state index contributed by atoms with van der Waals surface area (Å²) in [7, 11) is 0. The summed E-state index contributed by atoms with van der Waals surface area (Å²) in [6.07, 6.45) is 2.96. The lowest BCUT2D eigenvalue weighted by molar-refractivity contribution is -0.402. The zero-order valence-corrected chi connectivity index (χ0v) is 9.37. The second-order valence-electron chi connectivity index (χ2n) is 3.73. The van der Waals surface area contributed by atoms with Crippen LogP contribution in [-0.4, -0.2) is 16.0 Å². The summed E-state index contributed by atoms with van der Waals surface area (Å²) in [6, 6.07) is 6.53. The highest BCUT2D eigenvalue weighted by atomic mass is 16.6. The van der Waals surface area contributed by atoms with Crippen molar-refractivity contribution in [2.75, 3.05) is 0 Å². The normalized spacial score (nSPS) is 12.5. The van der Waals surface area contributed by atoms with Gasteiger partial charge in [0.2, 0.25) is 6.20 Å². The first-order valence-electron chi connectivity index (χ1n) is 5.14. The molecule has 0 fully saturated rings. The van der Waals surface area contributed by atoms with Gasteiger partial charge in [-0.3, -0.25) is 10.1 Å². The number of allylic oxidation sites excluding steroid dienone is 1. The second kappa shape index (κ2) is 5.79. The summed E-state index contributed by atoms with van der Waals surface area (Å²) in [5, 5.41) is 18.8. The molecule has 0 heterocycles. The first-order chi connectivity index (χ1) is 8.00. The highest BCUT2D eigenvalue weighted by Crippen LogP contribution is 2.19. The number of aromatic carboxylic acids is 1. The van der Waals surface area contributed by atoms with E-state index in [1.807, 2.05) is 6.92 Å². The summed E-state index contributed by atoms with van der Waals surface area (Å²) in [5.74, 6) is -0.841. The zero-order valence-electron chi connectivity index (χ0n) is 9.37. The maximum Gasteiger partial charge on any atom is 0.335 e. The van der Waals surface area contributed by atoms with Crippen LogP contribution >= 0.6 is 0 Å². The predicted octanol–water partition coefficient (Wildman–Crippen LogP) is 2.67. The van der Waals surface area contributed by atoms with Gasteiger partial charge in [-0.25, -0.2) is 4.79 Å². The molecule has 90 valence electrons. The van der Waals surface area contributed by atoms with E-state index in [1.165, 1.54) is 18.2 Å². The summed E-state index contributed by atoms with van der Waals surface area (Å²) in [5.41, 5.74) is 1.20. The molecule has 1 aromatic rings. The number of rotatable bonds is 5. The molecule has 0 saturated heterocycles. The van der Waals surface area contributed by atoms with Crippen LogP contribution in [0.2, 0.25) is 0 Å². The molecule has 0 amide bonds. The quantitative estimate of drug-likeness (QED) is 0.628. The minimum absolute atomic E-state index is 0.119. The minimum atomic E-state index is -0.961. The number of hydrogen-bond acceptors (Lipinski definition) is 3. The van der Waals surface area contributed by atoms with Crippen molar-refractivity contribution in [3.05, 3.63) is 57.8 Å². The SMILES string of the molecule is CC(C/C=C/[N+](=O)[O-])c1ccc(C(=O)O)cc1. The molecule has 5 nitrogen and oxygen atoms in total. The maximum absolute atomic E-state index is 10.6. The molecule has 0 aliphatic heterocycles. The molecular weight excluding hydrogens is 222 g/mol. The van der Waals surface area contributed by atoms with Gasteiger partial charge >= 0.3 is 5.97 Å². The van der Waals surface area contributed by atoms with Gasteiger partial charge in [-0.15, -0.1) is 0 Å². The van der Waals surface area contributed by atoms with Gasteiger partial charge in [0.15, 0.2) is 0 Å². The summed E-state index contributed by atoms with van der Waals surface area (Å²) in [6.45, 7) is 1.93. The van der Waals surface area contributed by atoms with E-state index in [0.717, 1.165) is 11.8 Å². The largest absolute Gasteiger partial charge is 0.478 e. The van der Waals surface area contributed by atoms with Crippen LogP contribution in [0.5, 0.6) is 0 Å². The van der Waals surface area contributed by atoms with Crippen molar-refractivity contribution in [1.29, 1.82) is 0 Å². The number of nitrogens with zero attached hydrogens (tertiary/aromatic N) is 1. The molecule has 1 aromatic carbocycles. The Morgan fingerprint density at radius 1 is 1.47 bits per heavy atom. The monoisotopic (exact) mass is 235 g/mol.